The van der Waals surface area contributed by atoms with Crippen LogP contribution in [0.15, 0.2) is 128 Å². The van der Waals surface area contributed by atoms with Crippen LogP contribution in [0, 0.1) is 41.5 Å². The number of benzene rings is 7. The molecule has 0 spiro atoms. The molecule has 3 nitrogen and oxygen atoms in total. The van der Waals surface area contributed by atoms with Crippen molar-refractivity contribution in [1.29, 1.82) is 0 Å². The third-order valence-corrected chi connectivity index (χ3v) is 13.8. The Balaban J connectivity index is 1.21. The Morgan fingerprint density at radius 2 is 0.860 bits per heavy atom. The van der Waals surface area contributed by atoms with Crippen LogP contribution in [0.5, 0.6) is 0 Å². The topological polar surface area (TPSA) is 13.1 Å². The summed E-state index contributed by atoms with van der Waals surface area (Å²) in [5.41, 5.74) is 30.6. The molecule has 5 heteroatoms. The third kappa shape index (κ3) is 3.90. The van der Waals surface area contributed by atoms with Crippen molar-refractivity contribution >= 4 is 74.4 Å². The summed E-state index contributed by atoms with van der Waals surface area (Å²) < 4.78 is 5.16. The quantitative estimate of drug-likeness (QED) is 0.162. The molecule has 0 bridgehead atoms. The average Bonchev–Trinajstić information content (AvgIpc) is 3.82. The molecule has 0 fully saturated rings. The van der Waals surface area contributed by atoms with E-state index in [4.69, 9.17) is 0 Å². The van der Waals surface area contributed by atoms with Crippen molar-refractivity contribution < 1.29 is 0 Å². The van der Waals surface area contributed by atoms with Crippen LogP contribution in [-0.4, -0.2) is 22.7 Å². The number of para-hydroxylation sites is 2. The van der Waals surface area contributed by atoms with Gasteiger partial charge >= 0.3 is 13.7 Å². The van der Waals surface area contributed by atoms with E-state index in [0.717, 1.165) is 0 Å². The largest absolute Gasteiger partial charge is 0.382 e. The van der Waals surface area contributed by atoms with E-state index in [1.807, 2.05) is 0 Å². The Bertz CT molecular complexity index is 3080. The zero-order valence-electron chi connectivity index (χ0n) is 33.1. The van der Waals surface area contributed by atoms with Crippen molar-refractivity contribution in [2.45, 2.75) is 41.5 Å². The number of nitrogens with zero attached hydrogens (tertiary/aromatic N) is 3. The minimum absolute atomic E-state index is 0.0435. The zero-order valence-corrected chi connectivity index (χ0v) is 33.1. The summed E-state index contributed by atoms with van der Waals surface area (Å²) in [6.07, 6.45) is 4.69. The van der Waals surface area contributed by atoms with Crippen molar-refractivity contribution in [1.82, 2.24) is 8.96 Å². The van der Waals surface area contributed by atoms with Crippen LogP contribution in [0.3, 0.4) is 0 Å². The lowest BCUT2D eigenvalue weighted by Gasteiger charge is -2.47. The maximum Gasteiger partial charge on any atom is 0.332 e. The molecule has 57 heavy (non-hydrogen) atoms. The number of fused-ring (bicyclic) bond motifs is 10. The highest BCUT2D eigenvalue weighted by Crippen LogP contribution is 2.49. The predicted octanol–water partition coefficient (Wildman–Crippen LogP) is 10.1. The van der Waals surface area contributed by atoms with Crippen molar-refractivity contribution in [3.05, 3.63) is 161 Å². The Morgan fingerprint density at radius 1 is 0.421 bits per heavy atom. The van der Waals surface area contributed by atoms with E-state index in [9.17, 15) is 0 Å². The van der Waals surface area contributed by atoms with Crippen molar-refractivity contribution in [2.24, 2.45) is 0 Å². The van der Waals surface area contributed by atoms with E-state index in [1.165, 1.54) is 139 Å². The van der Waals surface area contributed by atoms with Gasteiger partial charge in [-0.05, 0) is 173 Å². The van der Waals surface area contributed by atoms with Crippen LogP contribution >= 0.6 is 0 Å². The Morgan fingerprint density at radius 3 is 1.30 bits per heavy atom. The van der Waals surface area contributed by atoms with E-state index in [1.54, 1.807) is 0 Å². The molecule has 0 radical (unpaired) electrons. The van der Waals surface area contributed by atoms with Gasteiger partial charge in [-0.15, -0.1) is 0 Å². The number of hydrogen-bond donors (Lipinski definition) is 0. The van der Waals surface area contributed by atoms with Crippen LogP contribution in [0.25, 0.3) is 66.3 Å². The molecule has 0 saturated carbocycles. The highest BCUT2D eigenvalue weighted by molar-refractivity contribution is 6.94. The second kappa shape index (κ2) is 10.7. The van der Waals surface area contributed by atoms with E-state index in [-0.39, 0.29) is 13.7 Å². The maximum absolute atomic E-state index is 2.70. The van der Waals surface area contributed by atoms with Gasteiger partial charge < -0.3 is 13.9 Å². The van der Waals surface area contributed by atoms with Gasteiger partial charge in [-0.25, -0.2) is 0 Å². The van der Waals surface area contributed by atoms with Gasteiger partial charge in [0.25, 0.3) is 0 Å². The standard InChI is InChI=1S/C52H39B2N3/c1-28-21-30(3)46(31(4)22-28)36-13-15-42-44(25-36)57-45-26-37(47-32(5)23-29(2)24-33(47)6)14-16-43(45)54-49-41(39-12-8-10-35-18-20-56(54)51(35)39)27-40-38-11-7-9-34-17-19-55(50(34)38)53(42)48(40)52(49)57/h7-27H,1-6H3. The van der Waals surface area contributed by atoms with E-state index < -0.39 is 0 Å². The van der Waals surface area contributed by atoms with E-state index in [2.05, 4.69) is 183 Å². The number of anilines is 3. The molecule has 0 saturated heterocycles. The summed E-state index contributed by atoms with van der Waals surface area (Å²) in [6.45, 7) is 13.6. The highest BCUT2D eigenvalue weighted by atomic mass is 15.2. The van der Waals surface area contributed by atoms with Gasteiger partial charge in [0.15, 0.2) is 0 Å². The fourth-order valence-corrected chi connectivity index (χ4v) is 12.0. The lowest BCUT2D eigenvalue weighted by molar-refractivity contribution is 1.21. The smallest absolute Gasteiger partial charge is 0.332 e. The summed E-state index contributed by atoms with van der Waals surface area (Å²) in [6, 6.07) is 45.0. The van der Waals surface area contributed by atoms with Crippen LogP contribution in [-0.2, 0) is 0 Å². The van der Waals surface area contributed by atoms with Gasteiger partial charge in [0.2, 0.25) is 0 Å². The van der Waals surface area contributed by atoms with Crippen molar-refractivity contribution in [3.8, 4) is 44.5 Å². The van der Waals surface area contributed by atoms with Crippen LogP contribution in [0.2, 0.25) is 0 Å². The lowest BCUT2D eigenvalue weighted by Crippen LogP contribution is -2.64. The van der Waals surface area contributed by atoms with Crippen LogP contribution < -0.4 is 26.8 Å². The van der Waals surface area contributed by atoms with Crippen molar-refractivity contribution in [2.75, 3.05) is 4.90 Å². The predicted molar refractivity (Wildman–Crippen MR) is 243 cm³/mol. The fourth-order valence-electron chi connectivity index (χ4n) is 12.0. The first-order valence-corrected chi connectivity index (χ1v) is 20.4. The minimum atomic E-state index is 0.0435. The number of aryl methyl sites for hydroxylation is 6. The summed E-state index contributed by atoms with van der Waals surface area (Å²) in [5, 5.41) is 2.59. The first-order chi connectivity index (χ1) is 27.7. The monoisotopic (exact) mass is 727 g/mol. The molecule has 13 rings (SSSR count). The molecule has 0 N–H and O–H groups in total. The molecule has 6 heterocycles. The highest BCUT2D eigenvalue weighted by Gasteiger charge is 2.50. The maximum atomic E-state index is 2.70. The first-order valence-electron chi connectivity index (χ1n) is 20.4. The molecular weight excluding hydrogens is 688 g/mol. The molecule has 268 valence electrons. The van der Waals surface area contributed by atoms with Gasteiger partial charge in [-0.2, -0.15) is 0 Å². The van der Waals surface area contributed by atoms with Gasteiger partial charge in [0.05, 0.1) is 0 Å². The summed E-state index contributed by atoms with van der Waals surface area (Å²) in [4.78, 5) is 2.70. The molecule has 4 aliphatic heterocycles. The Labute approximate surface area is 334 Å². The van der Waals surface area contributed by atoms with Gasteiger partial charge in [0, 0.05) is 39.2 Å². The molecule has 4 aliphatic rings. The second-order valence-corrected chi connectivity index (χ2v) is 17.3. The lowest BCUT2D eigenvalue weighted by atomic mass is 9.39. The fraction of sp³-hybridized carbons (Fsp3) is 0.115. The van der Waals surface area contributed by atoms with E-state index >= 15 is 0 Å². The van der Waals surface area contributed by atoms with Gasteiger partial charge in [0.1, 0.15) is 0 Å². The normalized spacial score (nSPS) is 13.7. The summed E-state index contributed by atoms with van der Waals surface area (Å²) in [7, 11) is 0. The van der Waals surface area contributed by atoms with Crippen LogP contribution in [0.4, 0.5) is 17.1 Å². The van der Waals surface area contributed by atoms with Crippen LogP contribution in [0.1, 0.15) is 33.4 Å². The number of rotatable bonds is 2. The third-order valence-electron chi connectivity index (χ3n) is 13.8. The number of aromatic nitrogens is 2. The van der Waals surface area contributed by atoms with Gasteiger partial charge in [-0.1, -0.05) is 96.1 Å². The molecular formula is C52H39B2N3. The summed E-state index contributed by atoms with van der Waals surface area (Å²) in [5.74, 6) is 0. The Kier molecular flexibility index (Phi) is 5.95. The molecule has 2 aromatic heterocycles. The van der Waals surface area contributed by atoms with Gasteiger partial charge in [-0.3, -0.25) is 0 Å². The number of hydrogen-bond acceptors (Lipinski definition) is 1. The molecule has 0 atom stereocenters. The Hall–Kier alpha value is -6.45. The second-order valence-electron chi connectivity index (χ2n) is 17.3. The molecule has 7 aromatic carbocycles. The SMILES string of the molecule is Cc1cc(C)c(-c2ccc3c(c2)N2c4cc(-c5c(C)cc(C)cc5C)ccc4B4c5c(cc6c(c52)B3n2ccc3cccc-6c32)-c2cccc3ccn4c23)c(C)c1. The zero-order chi connectivity index (χ0) is 38.2. The molecule has 9 aromatic rings. The van der Waals surface area contributed by atoms with Crippen molar-refractivity contribution in [3.63, 3.8) is 0 Å². The average molecular weight is 728 g/mol. The summed E-state index contributed by atoms with van der Waals surface area (Å²) >= 11 is 0. The molecule has 0 amide bonds. The molecule has 0 aliphatic carbocycles. The first kappa shape index (κ1) is 31.7. The minimum Gasteiger partial charge on any atom is -0.382 e. The van der Waals surface area contributed by atoms with E-state index in [0.29, 0.717) is 0 Å². The molecule has 0 unspecified atom stereocenters.